The SMILES string of the molecule is Cn1cncc1-c1c(CN)c(N)nc2c1c(=O)n(C)c(=O)n2C. The molecule has 9 nitrogen and oxygen atoms in total. The highest BCUT2D eigenvalue weighted by Crippen LogP contribution is 2.31. The molecular formula is C14H17N7O2. The Bertz CT molecular complexity index is 1040. The summed E-state index contributed by atoms with van der Waals surface area (Å²) in [6.45, 7) is 0.112. The summed E-state index contributed by atoms with van der Waals surface area (Å²) in [4.78, 5) is 33.2. The quantitative estimate of drug-likeness (QED) is 0.629. The summed E-state index contributed by atoms with van der Waals surface area (Å²) in [5.74, 6) is 0.194. The third-order valence-corrected chi connectivity index (χ3v) is 4.00. The summed E-state index contributed by atoms with van der Waals surface area (Å²) in [7, 11) is 4.78. The Labute approximate surface area is 130 Å². The van der Waals surface area contributed by atoms with Crippen LogP contribution in [0.1, 0.15) is 5.56 Å². The Morgan fingerprint density at radius 3 is 2.43 bits per heavy atom. The predicted octanol–water partition coefficient (Wildman–Crippen LogP) is -0.926. The lowest BCUT2D eigenvalue weighted by Crippen LogP contribution is -2.38. The topological polar surface area (TPSA) is 127 Å². The molecule has 0 unspecified atom stereocenters. The Morgan fingerprint density at radius 1 is 1.17 bits per heavy atom. The standard InChI is InChI=1S/C14H17N7O2/c1-19-6-17-5-8(19)9-7(4-15)11(16)18-12-10(9)13(22)21(3)14(23)20(12)2/h5-6H,4,15H2,1-3H3,(H2,16,18). The van der Waals surface area contributed by atoms with Crippen molar-refractivity contribution in [2.45, 2.75) is 6.54 Å². The predicted molar refractivity (Wildman–Crippen MR) is 86.7 cm³/mol. The van der Waals surface area contributed by atoms with E-state index >= 15 is 0 Å². The number of nitrogens with zero attached hydrogens (tertiary/aromatic N) is 5. The van der Waals surface area contributed by atoms with Gasteiger partial charge < -0.3 is 16.0 Å². The van der Waals surface area contributed by atoms with E-state index in [2.05, 4.69) is 9.97 Å². The maximum absolute atomic E-state index is 12.7. The average Bonchev–Trinajstić information content (AvgIpc) is 2.95. The van der Waals surface area contributed by atoms with Crippen molar-refractivity contribution in [1.82, 2.24) is 23.7 Å². The lowest BCUT2D eigenvalue weighted by atomic mass is 10.0. The second kappa shape index (κ2) is 5.06. The van der Waals surface area contributed by atoms with Crippen LogP contribution in [-0.2, 0) is 27.7 Å². The fraction of sp³-hybridized carbons (Fsp3) is 0.286. The van der Waals surface area contributed by atoms with E-state index in [1.54, 1.807) is 31.2 Å². The number of pyridine rings is 1. The first kappa shape index (κ1) is 15.0. The number of nitrogen functional groups attached to an aromatic ring is 1. The fourth-order valence-corrected chi connectivity index (χ4v) is 2.73. The van der Waals surface area contributed by atoms with E-state index in [4.69, 9.17) is 11.5 Å². The minimum atomic E-state index is -0.467. The first-order valence-corrected chi connectivity index (χ1v) is 6.93. The van der Waals surface area contributed by atoms with Crippen LogP contribution in [0.2, 0.25) is 0 Å². The third-order valence-electron chi connectivity index (χ3n) is 4.00. The van der Waals surface area contributed by atoms with Gasteiger partial charge >= 0.3 is 5.69 Å². The van der Waals surface area contributed by atoms with Gasteiger partial charge in [-0.05, 0) is 0 Å². The molecule has 0 aliphatic rings. The first-order chi connectivity index (χ1) is 10.9. The van der Waals surface area contributed by atoms with Gasteiger partial charge in [-0.25, -0.2) is 14.8 Å². The van der Waals surface area contributed by atoms with Crippen molar-refractivity contribution in [3.63, 3.8) is 0 Å². The minimum absolute atomic E-state index is 0.112. The third kappa shape index (κ3) is 1.97. The van der Waals surface area contributed by atoms with Crippen molar-refractivity contribution >= 4 is 16.9 Å². The Kier molecular flexibility index (Phi) is 3.29. The molecule has 0 aromatic carbocycles. The van der Waals surface area contributed by atoms with Crippen molar-refractivity contribution in [2.75, 3.05) is 5.73 Å². The summed E-state index contributed by atoms with van der Waals surface area (Å²) in [6.07, 6.45) is 3.24. The smallest absolute Gasteiger partial charge is 0.332 e. The van der Waals surface area contributed by atoms with Gasteiger partial charge in [-0.15, -0.1) is 0 Å². The van der Waals surface area contributed by atoms with E-state index in [1.807, 2.05) is 0 Å². The zero-order valence-electron chi connectivity index (χ0n) is 13.1. The normalized spacial score (nSPS) is 11.3. The lowest BCUT2D eigenvalue weighted by Gasteiger charge is -2.16. The molecular weight excluding hydrogens is 298 g/mol. The zero-order chi connectivity index (χ0) is 16.9. The molecule has 0 radical (unpaired) electrons. The van der Waals surface area contributed by atoms with Crippen molar-refractivity contribution in [2.24, 2.45) is 26.9 Å². The monoisotopic (exact) mass is 315 g/mol. The van der Waals surface area contributed by atoms with Gasteiger partial charge in [0.25, 0.3) is 5.56 Å². The summed E-state index contributed by atoms with van der Waals surface area (Å²) in [6, 6.07) is 0. The second-order valence-electron chi connectivity index (χ2n) is 5.35. The lowest BCUT2D eigenvalue weighted by molar-refractivity contribution is 0.707. The van der Waals surface area contributed by atoms with Crippen LogP contribution in [0.25, 0.3) is 22.3 Å². The van der Waals surface area contributed by atoms with E-state index in [9.17, 15) is 9.59 Å². The molecule has 0 bridgehead atoms. The molecule has 3 aromatic rings. The Balaban J connectivity index is 2.68. The summed E-state index contributed by atoms with van der Waals surface area (Å²) < 4.78 is 4.10. The van der Waals surface area contributed by atoms with Crippen LogP contribution < -0.4 is 22.7 Å². The Hall–Kier alpha value is -2.94. The highest BCUT2D eigenvalue weighted by Gasteiger charge is 2.22. The van der Waals surface area contributed by atoms with Gasteiger partial charge in [-0.3, -0.25) is 13.9 Å². The van der Waals surface area contributed by atoms with Crippen molar-refractivity contribution in [3.8, 4) is 11.3 Å². The van der Waals surface area contributed by atoms with Crippen LogP contribution in [0.3, 0.4) is 0 Å². The maximum Gasteiger partial charge on any atom is 0.332 e. The van der Waals surface area contributed by atoms with Crippen LogP contribution in [0.4, 0.5) is 5.82 Å². The molecule has 3 heterocycles. The number of aryl methyl sites for hydroxylation is 2. The molecule has 0 spiro atoms. The Morgan fingerprint density at radius 2 is 1.87 bits per heavy atom. The molecule has 4 N–H and O–H groups in total. The van der Waals surface area contributed by atoms with Gasteiger partial charge in [-0.2, -0.15) is 0 Å². The number of fused-ring (bicyclic) bond motifs is 1. The van der Waals surface area contributed by atoms with Gasteiger partial charge in [-0.1, -0.05) is 0 Å². The summed E-state index contributed by atoms with van der Waals surface area (Å²) in [5.41, 5.74) is 13.0. The van der Waals surface area contributed by atoms with E-state index < -0.39 is 11.2 Å². The maximum atomic E-state index is 12.7. The van der Waals surface area contributed by atoms with E-state index in [1.165, 1.54) is 11.6 Å². The van der Waals surface area contributed by atoms with Crippen LogP contribution in [-0.4, -0.2) is 23.7 Å². The number of rotatable bonds is 2. The number of nitrogens with two attached hydrogens (primary N) is 2. The molecule has 3 aromatic heterocycles. The zero-order valence-corrected chi connectivity index (χ0v) is 13.1. The van der Waals surface area contributed by atoms with Gasteiger partial charge in [0.2, 0.25) is 0 Å². The van der Waals surface area contributed by atoms with Gasteiger partial charge in [0.05, 0.1) is 23.6 Å². The highest BCUT2D eigenvalue weighted by molar-refractivity contribution is 5.95. The number of imidazole rings is 1. The minimum Gasteiger partial charge on any atom is -0.383 e. The molecule has 0 amide bonds. The molecule has 0 atom stereocenters. The first-order valence-electron chi connectivity index (χ1n) is 6.93. The van der Waals surface area contributed by atoms with Crippen LogP contribution in [0, 0.1) is 0 Å². The van der Waals surface area contributed by atoms with E-state index in [0.29, 0.717) is 22.2 Å². The van der Waals surface area contributed by atoms with Crippen LogP contribution in [0.5, 0.6) is 0 Å². The van der Waals surface area contributed by atoms with Crippen LogP contribution in [0.15, 0.2) is 22.1 Å². The fourth-order valence-electron chi connectivity index (χ4n) is 2.73. The summed E-state index contributed by atoms with van der Waals surface area (Å²) in [5, 5.41) is 0.299. The molecule has 0 fully saturated rings. The molecule has 0 aliphatic heterocycles. The largest absolute Gasteiger partial charge is 0.383 e. The number of anilines is 1. The van der Waals surface area contributed by atoms with E-state index in [-0.39, 0.29) is 18.0 Å². The number of hydrogen-bond donors (Lipinski definition) is 2. The molecule has 120 valence electrons. The summed E-state index contributed by atoms with van der Waals surface area (Å²) >= 11 is 0. The van der Waals surface area contributed by atoms with Gasteiger partial charge in [0, 0.05) is 38.8 Å². The highest BCUT2D eigenvalue weighted by atomic mass is 16.2. The number of aromatic nitrogens is 5. The number of hydrogen-bond acceptors (Lipinski definition) is 6. The molecule has 9 heteroatoms. The molecule has 3 rings (SSSR count). The molecule has 23 heavy (non-hydrogen) atoms. The van der Waals surface area contributed by atoms with Crippen molar-refractivity contribution < 1.29 is 0 Å². The van der Waals surface area contributed by atoms with Gasteiger partial charge in [0.1, 0.15) is 5.82 Å². The second-order valence-corrected chi connectivity index (χ2v) is 5.35. The molecule has 0 saturated heterocycles. The van der Waals surface area contributed by atoms with Crippen molar-refractivity contribution in [3.05, 3.63) is 38.9 Å². The van der Waals surface area contributed by atoms with Crippen molar-refractivity contribution in [1.29, 1.82) is 0 Å². The molecule has 0 aliphatic carbocycles. The average molecular weight is 315 g/mol. The van der Waals surface area contributed by atoms with E-state index in [0.717, 1.165) is 4.57 Å². The van der Waals surface area contributed by atoms with Crippen LogP contribution >= 0.6 is 0 Å². The molecule has 0 saturated carbocycles. The van der Waals surface area contributed by atoms with Gasteiger partial charge in [0.15, 0.2) is 5.65 Å².